The lowest BCUT2D eigenvalue weighted by atomic mass is 10.1. The summed E-state index contributed by atoms with van der Waals surface area (Å²) in [5, 5.41) is 17.6. The van der Waals surface area contributed by atoms with Crippen LogP contribution in [-0.2, 0) is 0 Å². The summed E-state index contributed by atoms with van der Waals surface area (Å²) >= 11 is 0. The van der Waals surface area contributed by atoms with Crippen molar-refractivity contribution >= 4 is 11.1 Å². The predicted octanol–water partition coefficient (Wildman–Crippen LogP) is 4.30. The van der Waals surface area contributed by atoms with Gasteiger partial charge >= 0.3 is 0 Å². The van der Waals surface area contributed by atoms with Crippen LogP contribution in [0.1, 0.15) is 31.2 Å². The fourth-order valence-corrected chi connectivity index (χ4v) is 2.57. The number of nitriles is 1. The molecule has 1 N–H and O–H groups in total. The van der Waals surface area contributed by atoms with E-state index in [9.17, 15) is 0 Å². The number of rotatable bonds is 8. The first kappa shape index (κ1) is 17.0. The second kappa shape index (κ2) is 8.32. The number of fused-ring (bicyclic) bond motifs is 1. The Bertz CT molecular complexity index is 863. The van der Waals surface area contributed by atoms with Gasteiger partial charge in [-0.05, 0) is 55.7 Å². The standard InChI is InChI=1S/C20H20N2O3/c21-14-15-5-7-16(8-6-15)20-22-18-13-17(9-10-19(18)25-20)24-12-4-2-1-3-11-23/h5-10,13,23H,1-4,11-12H2. The van der Waals surface area contributed by atoms with Gasteiger partial charge in [0.05, 0.1) is 18.2 Å². The quantitative estimate of drug-likeness (QED) is 0.620. The highest BCUT2D eigenvalue weighted by Gasteiger charge is 2.09. The molecule has 5 heteroatoms. The molecule has 128 valence electrons. The van der Waals surface area contributed by atoms with Gasteiger partial charge in [-0.15, -0.1) is 0 Å². The van der Waals surface area contributed by atoms with E-state index in [-0.39, 0.29) is 6.61 Å². The molecule has 2 aromatic carbocycles. The fourth-order valence-electron chi connectivity index (χ4n) is 2.57. The van der Waals surface area contributed by atoms with Crippen LogP contribution in [0, 0.1) is 11.3 Å². The lowest BCUT2D eigenvalue weighted by molar-refractivity contribution is 0.273. The number of aliphatic hydroxyl groups is 1. The van der Waals surface area contributed by atoms with Gasteiger partial charge in [0.15, 0.2) is 5.58 Å². The number of ether oxygens (including phenoxy) is 1. The van der Waals surface area contributed by atoms with E-state index < -0.39 is 0 Å². The molecule has 1 heterocycles. The molecule has 0 atom stereocenters. The molecule has 3 rings (SSSR count). The first-order chi connectivity index (χ1) is 12.3. The molecule has 0 bridgehead atoms. The maximum atomic E-state index is 8.86. The maximum Gasteiger partial charge on any atom is 0.227 e. The molecule has 25 heavy (non-hydrogen) atoms. The average Bonchev–Trinajstić information content (AvgIpc) is 3.08. The third kappa shape index (κ3) is 4.37. The van der Waals surface area contributed by atoms with Crippen molar-refractivity contribution in [1.29, 1.82) is 5.26 Å². The fraction of sp³-hybridized carbons (Fsp3) is 0.300. The van der Waals surface area contributed by atoms with Crippen molar-refractivity contribution in [2.24, 2.45) is 0 Å². The van der Waals surface area contributed by atoms with E-state index in [0.29, 0.717) is 23.6 Å². The summed E-state index contributed by atoms with van der Waals surface area (Å²) in [7, 11) is 0. The lowest BCUT2D eigenvalue weighted by Gasteiger charge is -2.05. The molecule has 0 aliphatic carbocycles. The monoisotopic (exact) mass is 336 g/mol. The van der Waals surface area contributed by atoms with Crippen LogP contribution in [-0.4, -0.2) is 23.3 Å². The first-order valence-electron chi connectivity index (χ1n) is 8.45. The highest BCUT2D eigenvalue weighted by atomic mass is 16.5. The average molecular weight is 336 g/mol. The van der Waals surface area contributed by atoms with Crippen molar-refractivity contribution in [3.8, 4) is 23.3 Å². The molecule has 0 fully saturated rings. The summed E-state index contributed by atoms with van der Waals surface area (Å²) in [6, 6.07) is 14.9. The molecule has 0 aliphatic rings. The minimum Gasteiger partial charge on any atom is -0.494 e. The summed E-state index contributed by atoms with van der Waals surface area (Å²) in [6.07, 6.45) is 3.89. The summed E-state index contributed by atoms with van der Waals surface area (Å²) in [4.78, 5) is 4.51. The smallest absolute Gasteiger partial charge is 0.227 e. The van der Waals surface area contributed by atoms with Gasteiger partial charge < -0.3 is 14.3 Å². The Morgan fingerprint density at radius 1 is 1.04 bits per heavy atom. The third-order valence-electron chi connectivity index (χ3n) is 3.94. The largest absolute Gasteiger partial charge is 0.494 e. The summed E-state index contributed by atoms with van der Waals surface area (Å²) < 4.78 is 11.5. The summed E-state index contributed by atoms with van der Waals surface area (Å²) in [5.41, 5.74) is 2.89. The zero-order valence-electron chi connectivity index (χ0n) is 13.9. The minimum atomic E-state index is 0.255. The van der Waals surface area contributed by atoms with Crippen LogP contribution in [0.2, 0.25) is 0 Å². The molecule has 1 aromatic heterocycles. The van der Waals surface area contributed by atoms with Crippen LogP contribution in [0.5, 0.6) is 5.75 Å². The highest BCUT2D eigenvalue weighted by Crippen LogP contribution is 2.27. The molecule has 0 amide bonds. The molecular weight excluding hydrogens is 316 g/mol. The number of unbranched alkanes of at least 4 members (excludes halogenated alkanes) is 3. The van der Waals surface area contributed by atoms with Crippen molar-refractivity contribution < 1.29 is 14.3 Å². The number of nitrogens with zero attached hydrogens (tertiary/aromatic N) is 2. The molecule has 0 radical (unpaired) electrons. The normalized spacial score (nSPS) is 10.7. The minimum absolute atomic E-state index is 0.255. The van der Waals surface area contributed by atoms with Crippen LogP contribution >= 0.6 is 0 Å². The first-order valence-corrected chi connectivity index (χ1v) is 8.45. The van der Waals surface area contributed by atoms with Gasteiger partial charge in [-0.1, -0.05) is 6.42 Å². The number of benzene rings is 2. The molecule has 0 saturated carbocycles. The Balaban J connectivity index is 1.65. The third-order valence-corrected chi connectivity index (χ3v) is 3.94. The Hall–Kier alpha value is -2.84. The highest BCUT2D eigenvalue weighted by molar-refractivity contribution is 5.77. The van der Waals surface area contributed by atoms with Gasteiger partial charge in [-0.3, -0.25) is 0 Å². The molecular formula is C20H20N2O3. The van der Waals surface area contributed by atoms with Crippen LogP contribution in [0.4, 0.5) is 0 Å². The number of oxazole rings is 1. The van der Waals surface area contributed by atoms with Gasteiger partial charge in [0, 0.05) is 18.2 Å². The zero-order chi connectivity index (χ0) is 17.5. The van der Waals surface area contributed by atoms with Crippen LogP contribution in [0.3, 0.4) is 0 Å². The van der Waals surface area contributed by atoms with E-state index in [1.807, 2.05) is 30.3 Å². The topological polar surface area (TPSA) is 79.3 Å². The molecule has 3 aromatic rings. The SMILES string of the molecule is N#Cc1ccc(-c2nc3cc(OCCCCCCO)ccc3o2)cc1. The number of aliphatic hydroxyl groups excluding tert-OH is 1. The summed E-state index contributed by atoms with van der Waals surface area (Å²) in [5.74, 6) is 1.30. The number of hydrogen-bond donors (Lipinski definition) is 1. The Kier molecular flexibility index (Phi) is 5.65. The molecule has 5 nitrogen and oxygen atoms in total. The Morgan fingerprint density at radius 2 is 1.84 bits per heavy atom. The van der Waals surface area contributed by atoms with Gasteiger partial charge in [0.1, 0.15) is 11.3 Å². The summed E-state index contributed by atoms with van der Waals surface area (Å²) in [6.45, 7) is 0.905. The molecule has 0 saturated heterocycles. The molecule has 0 spiro atoms. The van der Waals surface area contributed by atoms with E-state index in [0.717, 1.165) is 42.5 Å². The Labute approximate surface area is 146 Å². The van der Waals surface area contributed by atoms with Crippen molar-refractivity contribution in [2.75, 3.05) is 13.2 Å². The van der Waals surface area contributed by atoms with Crippen molar-refractivity contribution in [3.05, 3.63) is 48.0 Å². The van der Waals surface area contributed by atoms with E-state index in [1.165, 1.54) is 0 Å². The van der Waals surface area contributed by atoms with E-state index in [4.69, 9.17) is 19.5 Å². The van der Waals surface area contributed by atoms with Crippen LogP contribution in [0.15, 0.2) is 46.9 Å². The van der Waals surface area contributed by atoms with E-state index in [2.05, 4.69) is 11.1 Å². The van der Waals surface area contributed by atoms with E-state index in [1.54, 1.807) is 12.1 Å². The van der Waals surface area contributed by atoms with Gasteiger partial charge in [-0.2, -0.15) is 5.26 Å². The van der Waals surface area contributed by atoms with Crippen molar-refractivity contribution in [2.45, 2.75) is 25.7 Å². The van der Waals surface area contributed by atoms with Crippen LogP contribution in [0.25, 0.3) is 22.6 Å². The Morgan fingerprint density at radius 3 is 2.60 bits per heavy atom. The number of hydrogen-bond acceptors (Lipinski definition) is 5. The van der Waals surface area contributed by atoms with Gasteiger partial charge in [-0.25, -0.2) is 4.98 Å². The predicted molar refractivity (Wildman–Crippen MR) is 95.2 cm³/mol. The zero-order valence-corrected chi connectivity index (χ0v) is 13.9. The van der Waals surface area contributed by atoms with Crippen molar-refractivity contribution in [1.82, 2.24) is 4.98 Å². The van der Waals surface area contributed by atoms with Crippen LogP contribution < -0.4 is 4.74 Å². The second-order valence-corrected chi connectivity index (χ2v) is 5.82. The van der Waals surface area contributed by atoms with Gasteiger partial charge in [0.2, 0.25) is 5.89 Å². The molecule has 0 unspecified atom stereocenters. The number of aromatic nitrogens is 1. The van der Waals surface area contributed by atoms with Gasteiger partial charge in [0.25, 0.3) is 0 Å². The van der Waals surface area contributed by atoms with Crippen molar-refractivity contribution in [3.63, 3.8) is 0 Å². The molecule has 0 aliphatic heterocycles. The van der Waals surface area contributed by atoms with E-state index >= 15 is 0 Å². The lowest BCUT2D eigenvalue weighted by Crippen LogP contribution is -1.97. The maximum absolute atomic E-state index is 8.86. The second-order valence-electron chi connectivity index (χ2n) is 5.82.